The van der Waals surface area contributed by atoms with Gasteiger partial charge in [-0.2, -0.15) is 0 Å². The van der Waals surface area contributed by atoms with Crippen molar-refractivity contribution < 1.29 is 0 Å². The number of aliphatic imine (C=N–C) groups is 1. The van der Waals surface area contributed by atoms with Crippen LogP contribution in [0.3, 0.4) is 0 Å². The predicted molar refractivity (Wildman–Crippen MR) is 104 cm³/mol. The van der Waals surface area contributed by atoms with Crippen molar-refractivity contribution in [3.8, 4) is 0 Å². The molecule has 2 heterocycles. The van der Waals surface area contributed by atoms with Crippen LogP contribution in [0.5, 0.6) is 0 Å². The maximum absolute atomic E-state index is 4.67. The van der Waals surface area contributed by atoms with Crippen LogP contribution in [0.25, 0.3) is 0 Å². The average Bonchev–Trinajstić information content (AvgIpc) is 2.88. The molecule has 2 rings (SSSR count). The van der Waals surface area contributed by atoms with Crippen LogP contribution < -0.4 is 10.6 Å². The van der Waals surface area contributed by atoms with Gasteiger partial charge in [-0.3, -0.25) is 0 Å². The van der Waals surface area contributed by atoms with Crippen molar-refractivity contribution in [2.45, 2.75) is 26.3 Å². The fourth-order valence-electron chi connectivity index (χ4n) is 2.85. The van der Waals surface area contributed by atoms with E-state index in [1.54, 1.807) is 0 Å². The first kappa shape index (κ1) is 19.3. The third kappa shape index (κ3) is 6.56. The number of guanidine groups is 1. The van der Waals surface area contributed by atoms with Gasteiger partial charge < -0.3 is 20.1 Å². The lowest BCUT2D eigenvalue weighted by Gasteiger charge is -2.30. The number of piperidine rings is 1. The van der Waals surface area contributed by atoms with Crippen LogP contribution in [0.1, 0.15) is 25.3 Å². The molecule has 1 fully saturated rings. The fraction of sp³-hybridized carbons (Fsp3) is 0.688. The second kappa shape index (κ2) is 10.1. The van der Waals surface area contributed by atoms with Gasteiger partial charge in [-0.05, 0) is 50.9 Å². The van der Waals surface area contributed by atoms with E-state index < -0.39 is 0 Å². The van der Waals surface area contributed by atoms with Gasteiger partial charge >= 0.3 is 0 Å². The molecule has 0 aliphatic carbocycles. The zero-order chi connectivity index (χ0) is 15.1. The van der Waals surface area contributed by atoms with Crippen LogP contribution in [0.15, 0.2) is 23.5 Å². The Morgan fingerprint density at radius 2 is 2.18 bits per heavy atom. The molecule has 1 aliphatic heterocycles. The molecule has 0 amide bonds. The summed E-state index contributed by atoms with van der Waals surface area (Å²) in [5.74, 6) is 1.65. The number of halogens is 1. The largest absolute Gasteiger partial charge is 0.357 e. The maximum atomic E-state index is 4.67. The van der Waals surface area contributed by atoms with Gasteiger partial charge in [0.25, 0.3) is 0 Å². The lowest BCUT2D eigenvalue weighted by atomic mass is 9.99. The van der Waals surface area contributed by atoms with Crippen molar-refractivity contribution in [2.24, 2.45) is 18.0 Å². The van der Waals surface area contributed by atoms with Crippen LogP contribution >= 0.6 is 24.0 Å². The molecule has 2 N–H and O–H groups in total. The van der Waals surface area contributed by atoms with E-state index in [-0.39, 0.29) is 24.0 Å². The Morgan fingerprint density at radius 1 is 1.36 bits per heavy atom. The first-order valence-corrected chi connectivity index (χ1v) is 7.99. The summed E-state index contributed by atoms with van der Waals surface area (Å²) in [6, 6.07) is 2.11. The maximum Gasteiger partial charge on any atom is 0.191 e. The Bertz CT molecular complexity index is 457. The van der Waals surface area contributed by atoms with Crippen molar-refractivity contribution in [3.63, 3.8) is 0 Å². The monoisotopic (exact) mass is 419 g/mol. The van der Waals surface area contributed by atoms with E-state index in [1.165, 1.54) is 31.5 Å². The Balaban J connectivity index is 0.00000242. The first-order valence-electron chi connectivity index (χ1n) is 7.99. The average molecular weight is 419 g/mol. The SMILES string of the molecule is CCNC(=NCc1ccn(C)c1)NCC1CCCN(C)C1.I. The lowest BCUT2D eigenvalue weighted by Crippen LogP contribution is -2.43. The summed E-state index contributed by atoms with van der Waals surface area (Å²) in [5, 5.41) is 6.82. The normalized spacial score (nSPS) is 19.6. The van der Waals surface area contributed by atoms with Crippen molar-refractivity contribution in [2.75, 3.05) is 33.2 Å². The van der Waals surface area contributed by atoms with Crippen LogP contribution in [0.2, 0.25) is 0 Å². The van der Waals surface area contributed by atoms with Gasteiger partial charge in [0.05, 0.1) is 6.54 Å². The fourth-order valence-corrected chi connectivity index (χ4v) is 2.85. The Morgan fingerprint density at radius 3 is 2.82 bits per heavy atom. The second-order valence-electron chi connectivity index (χ2n) is 6.03. The van der Waals surface area contributed by atoms with Gasteiger partial charge in [0, 0.05) is 39.1 Å². The zero-order valence-electron chi connectivity index (χ0n) is 14.0. The van der Waals surface area contributed by atoms with Gasteiger partial charge in [-0.1, -0.05) is 0 Å². The van der Waals surface area contributed by atoms with E-state index in [1.807, 2.05) is 7.05 Å². The number of hydrogen-bond donors (Lipinski definition) is 2. The van der Waals surface area contributed by atoms with Gasteiger partial charge in [0.2, 0.25) is 0 Å². The first-order chi connectivity index (χ1) is 10.2. The molecule has 1 saturated heterocycles. The summed E-state index contributed by atoms with van der Waals surface area (Å²) >= 11 is 0. The number of hydrogen-bond acceptors (Lipinski definition) is 2. The summed E-state index contributed by atoms with van der Waals surface area (Å²) in [5.41, 5.74) is 1.24. The molecule has 1 aromatic heterocycles. The number of nitrogens with zero attached hydrogens (tertiary/aromatic N) is 3. The summed E-state index contributed by atoms with van der Waals surface area (Å²) in [4.78, 5) is 7.09. The minimum Gasteiger partial charge on any atom is -0.357 e. The molecule has 5 nitrogen and oxygen atoms in total. The Labute approximate surface area is 151 Å². The lowest BCUT2D eigenvalue weighted by molar-refractivity contribution is 0.210. The molecule has 1 aromatic rings. The molecule has 6 heteroatoms. The minimum atomic E-state index is 0. The van der Waals surface area contributed by atoms with Crippen molar-refractivity contribution >= 4 is 29.9 Å². The van der Waals surface area contributed by atoms with Gasteiger partial charge in [-0.15, -0.1) is 24.0 Å². The molecule has 0 radical (unpaired) electrons. The molecule has 0 aromatic carbocycles. The smallest absolute Gasteiger partial charge is 0.191 e. The second-order valence-corrected chi connectivity index (χ2v) is 6.03. The number of aryl methyl sites for hydroxylation is 1. The zero-order valence-corrected chi connectivity index (χ0v) is 16.3. The third-order valence-electron chi connectivity index (χ3n) is 3.94. The van der Waals surface area contributed by atoms with Gasteiger partial charge in [0.1, 0.15) is 0 Å². The van der Waals surface area contributed by atoms with Crippen LogP contribution in [0.4, 0.5) is 0 Å². The Hall–Kier alpha value is -0.760. The minimum absolute atomic E-state index is 0. The number of rotatable bonds is 5. The highest BCUT2D eigenvalue weighted by Crippen LogP contribution is 2.13. The van der Waals surface area contributed by atoms with Gasteiger partial charge in [0.15, 0.2) is 5.96 Å². The molecule has 22 heavy (non-hydrogen) atoms. The highest BCUT2D eigenvalue weighted by atomic mass is 127. The number of likely N-dealkylation sites (tertiary alicyclic amines) is 1. The summed E-state index contributed by atoms with van der Waals surface area (Å²) in [7, 11) is 4.25. The molecule has 0 bridgehead atoms. The predicted octanol–water partition coefficient (Wildman–Crippen LogP) is 2.04. The highest BCUT2D eigenvalue weighted by Gasteiger charge is 2.17. The highest BCUT2D eigenvalue weighted by molar-refractivity contribution is 14.0. The van der Waals surface area contributed by atoms with Crippen LogP contribution in [-0.2, 0) is 13.6 Å². The van der Waals surface area contributed by atoms with E-state index in [4.69, 9.17) is 0 Å². The summed E-state index contributed by atoms with van der Waals surface area (Å²) in [6.07, 6.45) is 6.79. The van der Waals surface area contributed by atoms with E-state index in [0.717, 1.165) is 31.5 Å². The van der Waals surface area contributed by atoms with E-state index in [9.17, 15) is 0 Å². The van der Waals surface area contributed by atoms with E-state index in [0.29, 0.717) is 0 Å². The van der Waals surface area contributed by atoms with Gasteiger partial charge in [-0.25, -0.2) is 4.99 Å². The number of nitrogens with one attached hydrogen (secondary N) is 2. The summed E-state index contributed by atoms with van der Waals surface area (Å²) < 4.78 is 2.06. The molecular weight excluding hydrogens is 389 g/mol. The van der Waals surface area contributed by atoms with E-state index in [2.05, 4.69) is 57.5 Å². The molecule has 0 spiro atoms. The molecule has 1 unspecified atom stereocenters. The standard InChI is InChI=1S/C16H29N5.HI/c1-4-17-16(19-11-15-7-9-21(3)13-15)18-10-14-6-5-8-20(2)12-14;/h7,9,13-14H,4-6,8,10-12H2,1-3H3,(H2,17,18,19);1H. The quantitative estimate of drug-likeness (QED) is 0.436. The van der Waals surface area contributed by atoms with Crippen molar-refractivity contribution in [1.29, 1.82) is 0 Å². The topological polar surface area (TPSA) is 44.6 Å². The molecule has 126 valence electrons. The summed E-state index contributed by atoms with van der Waals surface area (Å²) in [6.45, 7) is 7.15. The van der Waals surface area contributed by atoms with Crippen molar-refractivity contribution in [1.82, 2.24) is 20.1 Å². The molecule has 0 saturated carbocycles. The van der Waals surface area contributed by atoms with Crippen LogP contribution in [0, 0.1) is 5.92 Å². The molecular formula is C16H30IN5. The van der Waals surface area contributed by atoms with E-state index >= 15 is 0 Å². The van der Waals surface area contributed by atoms with Crippen molar-refractivity contribution in [3.05, 3.63) is 24.0 Å². The number of aromatic nitrogens is 1. The molecule has 1 aliphatic rings. The molecule has 1 atom stereocenters. The van der Waals surface area contributed by atoms with Crippen LogP contribution in [-0.4, -0.2) is 48.7 Å². The third-order valence-corrected chi connectivity index (χ3v) is 3.94. The Kier molecular flexibility index (Phi) is 8.85.